The second-order valence-corrected chi connectivity index (χ2v) is 8.58. The van der Waals surface area contributed by atoms with E-state index in [-0.39, 0.29) is 16.9 Å². The third-order valence-corrected chi connectivity index (χ3v) is 4.19. The first-order chi connectivity index (χ1) is 12.8. The van der Waals surface area contributed by atoms with E-state index in [4.69, 9.17) is 20.9 Å². The van der Waals surface area contributed by atoms with Gasteiger partial charge in [-0.1, -0.05) is 41.5 Å². The lowest BCUT2D eigenvalue weighted by Gasteiger charge is -2.32. The first kappa shape index (κ1) is 21.2. The molecule has 0 atom stereocenters. The number of carbonyl (C=O) groups is 2. The topological polar surface area (TPSA) is 118 Å². The maximum atomic E-state index is 11.6. The van der Waals surface area contributed by atoms with Crippen LogP contribution in [-0.4, -0.2) is 17.2 Å². The summed E-state index contributed by atoms with van der Waals surface area (Å²) in [5.74, 6) is 0.137. The monoisotopic (exact) mass is 385 g/mol. The summed E-state index contributed by atoms with van der Waals surface area (Å²) in [7, 11) is 0. The fourth-order valence-electron chi connectivity index (χ4n) is 3.15. The Labute approximate surface area is 165 Å². The van der Waals surface area contributed by atoms with Crippen LogP contribution in [0.2, 0.25) is 0 Å². The Kier molecular flexibility index (Phi) is 5.68. The Morgan fingerprint density at radius 3 is 1.86 bits per heavy atom. The van der Waals surface area contributed by atoms with Crippen molar-refractivity contribution in [3.05, 3.63) is 41.7 Å². The molecule has 0 saturated heterocycles. The Balaban J connectivity index is 3.06. The Morgan fingerprint density at radius 1 is 0.893 bits per heavy atom. The molecule has 0 bridgehead atoms. The fraction of sp³-hybridized carbons (Fsp3) is 0.381. The Morgan fingerprint density at radius 2 is 1.43 bits per heavy atom. The number of nitrogens with zero attached hydrogens (tertiary/aromatic N) is 1. The van der Waals surface area contributed by atoms with E-state index in [9.17, 15) is 9.59 Å². The van der Waals surface area contributed by atoms with Crippen molar-refractivity contribution >= 4 is 12.2 Å². The van der Waals surface area contributed by atoms with Gasteiger partial charge in [-0.25, -0.2) is 9.59 Å². The van der Waals surface area contributed by atoms with Crippen LogP contribution in [0.1, 0.15) is 52.7 Å². The molecule has 0 fully saturated rings. The average molecular weight is 385 g/mol. The van der Waals surface area contributed by atoms with Gasteiger partial charge in [0.2, 0.25) is 0 Å². The quantitative estimate of drug-likeness (QED) is 0.818. The molecule has 2 rings (SSSR count). The van der Waals surface area contributed by atoms with Gasteiger partial charge in [0.15, 0.2) is 11.5 Å². The summed E-state index contributed by atoms with van der Waals surface area (Å²) in [6, 6.07) is 5.43. The van der Waals surface area contributed by atoms with Crippen molar-refractivity contribution in [1.29, 1.82) is 0 Å². The molecule has 1 heterocycles. The molecule has 2 aromatic rings. The van der Waals surface area contributed by atoms with Gasteiger partial charge in [-0.15, -0.1) is 0 Å². The van der Waals surface area contributed by atoms with Crippen LogP contribution < -0.4 is 20.9 Å². The molecule has 7 heteroatoms. The lowest BCUT2D eigenvalue weighted by molar-refractivity contribution is 0.199. The molecule has 0 aliphatic heterocycles. The van der Waals surface area contributed by atoms with Crippen molar-refractivity contribution in [1.82, 2.24) is 4.98 Å². The number of rotatable bonds is 3. The summed E-state index contributed by atoms with van der Waals surface area (Å²) < 4.78 is 10.5. The van der Waals surface area contributed by atoms with Crippen LogP contribution in [0.25, 0.3) is 11.1 Å². The number of aromatic nitrogens is 1. The SMILES string of the molecule is CC(C)(C)c1cc(OC(N)=O)c(OC(N)=O)c(C(C)(C)C)c1-c1ccncc1. The van der Waals surface area contributed by atoms with E-state index in [1.165, 1.54) is 0 Å². The van der Waals surface area contributed by atoms with E-state index < -0.39 is 17.6 Å². The van der Waals surface area contributed by atoms with Crippen LogP contribution in [0.5, 0.6) is 11.5 Å². The standard InChI is InChI=1S/C21H27N3O4/c1-20(2,3)13-11-14(27-18(22)25)17(28-19(23)26)16(21(4,5)6)15(13)12-7-9-24-10-8-12/h7-11H,1-6H3,(H2,22,25)(H2,23,26). The molecule has 28 heavy (non-hydrogen) atoms. The first-order valence-corrected chi connectivity index (χ1v) is 8.89. The van der Waals surface area contributed by atoms with Crippen LogP contribution in [-0.2, 0) is 10.8 Å². The maximum Gasteiger partial charge on any atom is 0.410 e. The second-order valence-electron chi connectivity index (χ2n) is 8.58. The van der Waals surface area contributed by atoms with Crippen LogP contribution in [0.4, 0.5) is 9.59 Å². The highest BCUT2D eigenvalue weighted by Crippen LogP contribution is 2.49. The highest BCUT2D eigenvalue weighted by Gasteiger charge is 2.34. The number of amides is 2. The predicted molar refractivity (Wildman–Crippen MR) is 107 cm³/mol. The number of hydrogen-bond acceptors (Lipinski definition) is 5. The van der Waals surface area contributed by atoms with Crippen LogP contribution in [0.3, 0.4) is 0 Å². The van der Waals surface area contributed by atoms with E-state index in [1.807, 2.05) is 53.7 Å². The zero-order chi connectivity index (χ0) is 21.3. The normalized spacial score (nSPS) is 11.8. The minimum atomic E-state index is -1.01. The fourth-order valence-corrected chi connectivity index (χ4v) is 3.15. The summed E-state index contributed by atoms with van der Waals surface area (Å²) in [4.78, 5) is 27.2. The molecule has 2 amide bonds. The zero-order valence-electron chi connectivity index (χ0n) is 17.1. The molecule has 4 N–H and O–H groups in total. The van der Waals surface area contributed by atoms with E-state index in [0.29, 0.717) is 5.56 Å². The molecule has 0 radical (unpaired) electrons. The van der Waals surface area contributed by atoms with E-state index >= 15 is 0 Å². The van der Waals surface area contributed by atoms with Gasteiger partial charge < -0.3 is 20.9 Å². The van der Waals surface area contributed by atoms with Crippen LogP contribution in [0, 0.1) is 0 Å². The van der Waals surface area contributed by atoms with E-state index in [2.05, 4.69) is 4.98 Å². The smallest absolute Gasteiger partial charge is 0.406 e. The van der Waals surface area contributed by atoms with Crippen molar-refractivity contribution in [2.45, 2.75) is 52.4 Å². The highest BCUT2D eigenvalue weighted by molar-refractivity contribution is 5.82. The summed E-state index contributed by atoms with van der Waals surface area (Å²) in [5.41, 5.74) is 13.1. The van der Waals surface area contributed by atoms with E-state index in [0.717, 1.165) is 16.7 Å². The zero-order valence-corrected chi connectivity index (χ0v) is 17.1. The molecule has 1 aromatic heterocycles. The summed E-state index contributed by atoms with van der Waals surface area (Å²) >= 11 is 0. The van der Waals surface area contributed by atoms with Gasteiger partial charge in [0.25, 0.3) is 0 Å². The van der Waals surface area contributed by atoms with Crippen LogP contribution in [0.15, 0.2) is 30.6 Å². The molecule has 0 spiro atoms. The number of ether oxygens (including phenoxy) is 2. The summed E-state index contributed by atoms with van der Waals surface area (Å²) in [5, 5.41) is 0. The summed E-state index contributed by atoms with van der Waals surface area (Å²) in [6.07, 6.45) is 1.36. The van der Waals surface area contributed by atoms with Gasteiger partial charge in [0.05, 0.1) is 0 Å². The highest BCUT2D eigenvalue weighted by atomic mass is 16.6. The predicted octanol–water partition coefficient (Wildman–Crippen LogP) is 4.26. The molecular weight excluding hydrogens is 358 g/mol. The molecular formula is C21H27N3O4. The summed E-state index contributed by atoms with van der Waals surface area (Å²) in [6.45, 7) is 12.1. The van der Waals surface area contributed by atoms with Gasteiger partial charge in [-0.3, -0.25) is 4.98 Å². The van der Waals surface area contributed by atoms with Gasteiger partial charge in [0.1, 0.15) is 0 Å². The van der Waals surface area contributed by atoms with Crippen molar-refractivity contribution in [2.75, 3.05) is 0 Å². The lowest BCUT2D eigenvalue weighted by atomic mass is 9.73. The lowest BCUT2D eigenvalue weighted by Crippen LogP contribution is -2.26. The van der Waals surface area contributed by atoms with Crippen molar-refractivity contribution in [3.63, 3.8) is 0 Å². The van der Waals surface area contributed by atoms with Crippen molar-refractivity contribution in [2.24, 2.45) is 11.5 Å². The number of primary amides is 2. The van der Waals surface area contributed by atoms with Gasteiger partial charge in [-0.2, -0.15) is 0 Å². The van der Waals surface area contributed by atoms with Crippen molar-refractivity contribution in [3.8, 4) is 22.6 Å². The molecule has 0 aliphatic carbocycles. The number of hydrogen-bond donors (Lipinski definition) is 2. The van der Waals surface area contributed by atoms with Gasteiger partial charge in [0, 0.05) is 18.0 Å². The molecule has 0 unspecified atom stereocenters. The second kappa shape index (κ2) is 7.50. The largest absolute Gasteiger partial charge is 0.410 e. The minimum Gasteiger partial charge on any atom is -0.406 e. The molecule has 7 nitrogen and oxygen atoms in total. The molecule has 150 valence electrons. The third kappa shape index (κ3) is 4.60. The number of carbonyl (C=O) groups excluding carboxylic acids is 2. The molecule has 0 saturated carbocycles. The number of nitrogens with two attached hydrogens (primary N) is 2. The first-order valence-electron chi connectivity index (χ1n) is 8.89. The molecule has 0 aliphatic rings. The van der Waals surface area contributed by atoms with Gasteiger partial charge >= 0.3 is 12.2 Å². The molecule has 1 aromatic carbocycles. The third-order valence-electron chi connectivity index (χ3n) is 4.19. The van der Waals surface area contributed by atoms with Gasteiger partial charge in [-0.05, 0) is 45.7 Å². The Hall–Kier alpha value is -3.09. The number of pyridine rings is 1. The van der Waals surface area contributed by atoms with E-state index in [1.54, 1.807) is 18.5 Å². The Bertz CT molecular complexity index is 895. The average Bonchev–Trinajstić information content (AvgIpc) is 2.53. The minimum absolute atomic E-state index is 0.0546. The van der Waals surface area contributed by atoms with Crippen molar-refractivity contribution < 1.29 is 19.1 Å². The maximum absolute atomic E-state index is 11.6. The number of benzene rings is 1. The van der Waals surface area contributed by atoms with Crippen LogP contribution >= 0.6 is 0 Å².